The van der Waals surface area contributed by atoms with Crippen molar-refractivity contribution in [1.82, 2.24) is 4.57 Å². The molecule has 6 heteroatoms. The van der Waals surface area contributed by atoms with Crippen LogP contribution >= 0.6 is 22.9 Å². The normalized spacial score (nSPS) is 12.1. The molecule has 3 rings (SSSR count). The van der Waals surface area contributed by atoms with E-state index in [9.17, 15) is 9.18 Å². The quantitative estimate of drug-likeness (QED) is 0.694. The molecule has 1 aromatic carbocycles. The zero-order valence-corrected chi connectivity index (χ0v) is 13.7. The molecule has 0 aliphatic heterocycles. The highest BCUT2D eigenvalue weighted by atomic mass is 35.5. The predicted molar refractivity (Wildman–Crippen MR) is 91.5 cm³/mol. The van der Waals surface area contributed by atoms with Gasteiger partial charge in [0.2, 0.25) is 5.91 Å². The molecule has 3 aromatic rings. The largest absolute Gasteiger partial charge is 0.346 e. The molecule has 2 aromatic heterocycles. The highest BCUT2D eigenvalue weighted by molar-refractivity contribution is 7.10. The number of amides is 1. The lowest BCUT2D eigenvalue weighted by Gasteiger charge is -2.17. The van der Waals surface area contributed by atoms with E-state index >= 15 is 0 Å². The molecule has 0 aliphatic carbocycles. The number of rotatable bonds is 5. The highest BCUT2D eigenvalue weighted by Crippen LogP contribution is 2.27. The minimum Gasteiger partial charge on any atom is -0.346 e. The van der Waals surface area contributed by atoms with Crippen molar-refractivity contribution >= 4 is 34.5 Å². The van der Waals surface area contributed by atoms with Gasteiger partial charge in [-0.15, -0.1) is 11.3 Å². The number of hydrogen-bond donors (Lipinski definition) is 1. The first kappa shape index (κ1) is 15.8. The molecule has 3 nitrogen and oxygen atoms in total. The molecule has 118 valence electrons. The van der Waals surface area contributed by atoms with Crippen LogP contribution in [0.25, 0.3) is 0 Å². The van der Waals surface area contributed by atoms with Crippen molar-refractivity contribution in [2.75, 3.05) is 5.32 Å². The summed E-state index contributed by atoms with van der Waals surface area (Å²) in [5.74, 6) is -0.659. The van der Waals surface area contributed by atoms with Crippen LogP contribution in [-0.4, -0.2) is 10.5 Å². The average Bonchev–Trinajstić information content (AvgIpc) is 3.21. The summed E-state index contributed by atoms with van der Waals surface area (Å²) in [6.07, 6.45) is 4.16. The lowest BCUT2D eigenvalue weighted by molar-refractivity contribution is -0.116. The van der Waals surface area contributed by atoms with E-state index in [1.165, 1.54) is 18.2 Å². The molecule has 0 bridgehead atoms. The van der Waals surface area contributed by atoms with Crippen molar-refractivity contribution in [3.63, 3.8) is 0 Å². The summed E-state index contributed by atoms with van der Waals surface area (Å²) >= 11 is 7.35. The van der Waals surface area contributed by atoms with Crippen molar-refractivity contribution in [1.29, 1.82) is 0 Å². The molecule has 0 saturated heterocycles. The number of anilines is 1. The van der Waals surface area contributed by atoms with Crippen LogP contribution in [-0.2, 0) is 4.79 Å². The van der Waals surface area contributed by atoms with Crippen LogP contribution in [0, 0.1) is 5.82 Å². The van der Waals surface area contributed by atoms with E-state index in [-0.39, 0.29) is 23.4 Å². The number of halogens is 2. The summed E-state index contributed by atoms with van der Waals surface area (Å²) < 4.78 is 15.2. The van der Waals surface area contributed by atoms with Gasteiger partial charge in [0.1, 0.15) is 5.82 Å². The molecular weight excluding hydrogens is 335 g/mol. The molecule has 2 heterocycles. The van der Waals surface area contributed by atoms with Gasteiger partial charge in [-0.25, -0.2) is 4.39 Å². The van der Waals surface area contributed by atoms with Crippen molar-refractivity contribution in [3.8, 4) is 0 Å². The smallest absolute Gasteiger partial charge is 0.226 e. The topological polar surface area (TPSA) is 34.0 Å². The summed E-state index contributed by atoms with van der Waals surface area (Å²) in [7, 11) is 0. The van der Waals surface area contributed by atoms with Crippen LogP contribution in [0.15, 0.2) is 60.2 Å². The summed E-state index contributed by atoms with van der Waals surface area (Å²) in [6, 6.07) is 11.9. The van der Waals surface area contributed by atoms with E-state index in [4.69, 9.17) is 11.6 Å². The van der Waals surface area contributed by atoms with Crippen LogP contribution in [0.3, 0.4) is 0 Å². The van der Waals surface area contributed by atoms with E-state index in [1.807, 2.05) is 46.6 Å². The molecule has 0 spiro atoms. The molecule has 1 unspecified atom stereocenters. The fraction of sp³-hybridized carbons (Fsp3) is 0.118. The Labute approximate surface area is 142 Å². The van der Waals surface area contributed by atoms with Gasteiger partial charge in [0.15, 0.2) is 0 Å². The predicted octanol–water partition coefficient (Wildman–Crippen LogP) is 4.96. The highest BCUT2D eigenvalue weighted by Gasteiger charge is 2.18. The number of nitrogens with zero attached hydrogens (tertiary/aromatic N) is 1. The minimum atomic E-state index is -0.506. The molecular formula is C17H14ClFN2OS. The van der Waals surface area contributed by atoms with Gasteiger partial charge in [0, 0.05) is 23.0 Å². The Balaban J connectivity index is 1.75. The first-order valence-electron chi connectivity index (χ1n) is 7.04. The molecule has 1 N–H and O–H groups in total. The maximum Gasteiger partial charge on any atom is 0.226 e. The number of hydrogen-bond acceptors (Lipinski definition) is 2. The van der Waals surface area contributed by atoms with Crippen LogP contribution < -0.4 is 5.32 Å². The maximum atomic E-state index is 13.2. The standard InChI is InChI=1S/C17H14ClFN2OS/c18-13-10-12(5-6-14(13)19)20-17(22)11-15(16-4-3-9-23-16)21-7-1-2-8-21/h1-10,15H,11H2,(H,20,22). The van der Waals surface area contributed by atoms with Gasteiger partial charge in [-0.3, -0.25) is 4.79 Å². The van der Waals surface area contributed by atoms with Gasteiger partial charge in [-0.05, 0) is 41.8 Å². The summed E-state index contributed by atoms with van der Waals surface area (Å²) in [5, 5.41) is 4.74. The second kappa shape index (κ2) is 6.98. The van der Waals surface area contributed by atoms with Crippen LogP contribution in [0.2, 0.25) is 5.02 Å². The number of aromatic nitrogens is 1. The van der Waals surface area contributed by atoms with Crippen molar-refractivity contribution in [2.24, 2.45) is 0 Å². The number of carbonyl (C=O) groups is 1. The molecule has 23 heavy (non-hydrogen) atoms. The molecule has 0 saturated carbocycles. The maximum absolute atomic E-state index is 13.2. The van der Waals surface area contributed by atoms with E-state index in [0.29, 0.717) is 5.69 Å². The van der Waals surface area contributed by atoms with Gasteiger partial charge in [-0.1, -0.05) is 17.7 Å². The molecule has 0 aliphatic rings. The third-order valence-electron chi connectivity index (χ3n) is 3.44. The fourth-order valence-electron chi connectivity index (χ4n) is 2.35. The Bertz CT molecular complexity index is 753. The van der Waals surface area contributed by atoms with E-state index in [1.54, 1.807) is 11.3 Å². The van der Waals surface area contributed by atoms with E-state index in [0.717, 1.165) is 4.88 Å². The lowest BCUT2D eigenvalue weighted by Crippen LogP contribution is -2.19. The molecule has 1 atom stereocenters. The Hall–Kier alpha value is -2.11. The van der Waals surface area contributed by atoms with Gasteiger partial charge in [0.05, 0.1) is 17.5 Å². The number of nitrogens with one attached hydrogen (secondary N) is 1. The lowest BCUT2D eigenvalue weighted by atomic mass is 10.1. The zero-order chi connectivity index (χ0) is 16.2. The van der Waals surface area contributed by atoms with Gasteiger partial charge in [-0.2, -0.15) is 0 Å². The van der Waals surface area contributed by atoms with Crippen LogP contribution in [0.4, 0.5) is 10.1 Å². The Morgan fingerprint density at radius 3 is 2.70 bits per heavy atom. The Morgan fingerprint density at radius 1 is 1.26 bits per heavy atom. The Kier molecular flexibility index (Phi) is 4.79. The molecule has 1 amide bonds. The van der Waals surface area contributed by atoms with Crippen LogP contribution in [0.5, 0.6) is 0 Å². The van der Waals surface area contributed by atoms with Gasteiger partial charge < -0.3 is 9.88 Å². The molecule has 0 fully saturated rings. The number of thiophene rings is 1. The van der Waals surface area contributed by atoms with Gasteiger partial charge >= 0.3 is 0 Å². The minimum absolute atomic E-state index is 0.0111. The fourth-order valence-corrected chi connectivity index (χ4v) is 3.37. The second-order valence-electron chi connectivity index (χ2n) is 5.04. The third-order valence-corrected chi connectivity index (χ3v) is 4.70. The van der Waals surface area contributed by atoms with Crippen LogP contribution in [0.1, 0.15) is 17.3 Å². The first-order chi connectivity index (χ1) is 11.1. The van der Waals surface area contributed by atoms with Crippen molar-refractivity contribution < 1.29 is 9.18 Å². The molecule has 0 radical (unpaired) electrons. The Morgan fingerprint density at radius 2 is 2.04 bits per heavy atom. The zero-order valence-electron chi connectivity index (χ0n) is 12.1. The van der Waals surface area contributed by atoms with E-state index in [2.05, 4.69) is 5.32 Å². The number of benzene rings is 1. The van der Waals surface area contributed by atoms with E-state index < -0.39 is 5.82 Å². The first-order valence-corrected chi connectivity index (χ1v) is 8.30. The van der Waals surface area contributed by atoms with Gasteiger partial charge in [0.25, 0.3) is 0 Å². The SMILES string of the molecule is O=C(CC(c1cccs1)n1cccc1)Nc1ccc(F)c(Cl)c1. The third kappa shape index (κ3) is 3.81. The number of carbonyl (C=O) groups excluding carboxylic acids is 1. The summed E-state index contributed by atoms with van der Waals surface area (Å²) in [6.45, 7) is 0. The second-order valence-corrected chi connectivity index (χ2v) is 6.43. The monoisotopic (exact) mass is 348 g/mol. The summed E-state index contributed by atoms with van der Waals surface area (Å²) in [5.41, 5.74) is 0.485. The summed E-state index contributed by atoms with van der Waals surface area (Å²) in [4.78, 5) is 13.5. The van der Waals surface area contributed by atoms with Crippen molar-refractivity contribution in [3.05, 3.63) is 76.0 Å². The average molecular weight is 349 g/mol. The van der Waals surface area contributed by atoms with Crippen molar-refractivity contribution in [2.45, 2.75) is 12.5 Å².